The molecule has 0 aromatic heterocycles. The predicted octanol–water partition coefficient (Wildman–Crippen LogP) is 5.30. The number of carbonyl (C=O) groups is 2. The summed E-state index contributed by atoms with van der Waals surface area (Å²) in [6, 6.07) is 15.8. The van der Waals surface area contributed by atoms with E-state index in [1.807, 2.05) is 42.5 Å². The number of carbonyl (C=O) groups excluding carboxylic acids is 1. The van der Waals surface area contributed by atoms with Gasteiger partial charge in [-0.05, 0) is 30.2 Å². The topological polar surface area (TPSA) is 83.8 Å². The van der Waals surface area contributed by atoms with Crippen molar-refractivity contribution in [1.82, 2.24) is 0 Å². The van der Waals surface area contributed by atoms with E-state index in [0.29, 0.717) is 13.0 Å². The number of phenols is 1. The molecule has 0 atom stereocenters. The van der Waals surface area contributed by atoms with Crippen LogP contribution in [0.1, 0.15) is 54.9 Å². The van der Waals surface area contributed by atoms with Crippen LogP contribution in [0.5, 0.6) is 5.75 Å². The van der Waals surface area contributed by atoms with Gasteiger partial charge < -0.3 is 14.9 Å². The molecular weight excluding hydrogens is 356 g/mol. The fourth-order valence-electron chi connectivity index (χ4n) is 2.31. The van der Waals surface area contributed by atoms with Crippen LogP contribution >= 0.6 is 0 Å². The van der Waals surface area contributed by atoms with Gasteiger partial charge in [-0.25, -0.2) is 4.79 Å². The molecule has 2 rings (SSSR count). The highest BCUT2D eigenvalue weighted by Crippen LogP contribution is 2.14. The fraction of sp³-hybridized carbons (Fsp3) is 0.304. The third-order valence-electron chi connectivity index (χ3n) is 3.82. The van der Waals surface area contributed by atoms with Crippen molar-refractivity contribution in [3.05, 3.63) is 71.8 Å². The highest BCUT2D eigenvalue weighted by Gasteiger charge is 2.05. The van der Waals surface area contributed by atoms with Gasteiger partial charge in [-0.2, -0.15) is 0 Å². The van der Waals surface area contributed by atoms with Gasteiger partial charge in [0.1, 0.15) is 17.9 Å². The highest BCUT2D eigenvalue weighted by molar-refractivity contribution is 5.90. The minimum atomic E-state index is -1.11. The maximum absolute atomic E-state index is 11.4. The number of carboxylic acid groups (broad SMARTS) is 1. The number of esters is 1. The van der Waals surface area contributed by atoms with Crippen LogP contribution in [-0.4, -0.2) is 28.8 Å². The number of ether oxygens (including phenoxy) is 1. The van der Waals surface area contributed by atoms with Crippen LogP contribution < -0.4 is 0 Å². The van der Waals surface area contributed by atoms with E-state index in [2.05, 4.69) is 6.92 Å². The van der Waals surface area contributed by atoms with Crippen molar-refractivity contribution in [3.63, 3.8) is 0 Å². The summed E-state index contributed by atoms with van der Waals surface area (Å²) in [6.45, 7) is 2.52. The maximum Gasteiger partial charge on any atom is 0.339 e. The molecule has 2 aromatic carbocycles. The molecule has 0 amide bonds. The molecular formula is C23H28O5. The summed E-state index contributed by atoms with van der Waals surface area (Å²) in [5.74, 6) is -1.41. The van der Waals surface area contributed by atoms with Crippen molar-refractivity contribution in [1.29, 1.82) is 0 Å². The Balaban J connectivity index is 0.000000330. The van der Waals surface area contributed by atoms with E-state index in [1.54, 1.807) is 12.1 Å². The molecule has 0 saturated carbocycles. The number of unbranched alkanes of at least 4 members (excludes halogenated alkanes) is 3. The normalized spacial score (nSPS) is 10.2. The summed E-state index contributed by atoms with van der Waals surface area (Å²) in [6.07, 6.45) is 8.82. The summed E-state index contributed by atoms with van der Waals surface area (Å²) in [4.78, 5) is 21.6. The molecule has 0 unspecified atom stereocenters. The van der Waals surface area contributed by atoms with Crippen LogP contribution in [0.2, 0.25) is 0 Å². The SMILES string of the molecule is CCCCCCC(=O)OCC=Cc1ccccc1.O=C(O)c1ccccc1O. The summed E-state index contributed by atoms with van der Waals surface area (Å²) >= 11 is 0. The van der Waals surface area contributed by atoms with Crippen molar-refractivity contribution in [2.45, 2.75) is 39.0 Å². The largest absolute Gasteiger partial charge is 0.507 e. The molecule has 2 aromatic rings. The number of aromatic carboxylic acids is 1. The summed E-state index contributed by atoms with van der Waals surface area (Å²) in [7, 11) is 0. The van der Waals surface area contributed by atoms with Gasteiger partial charge in [0.05, 0.1) is 0 Å². The quantitative estimate of drug-likeness (QED) is 0.452. The number of hydrogen-bond donors (Lipinski definition) is 2. The minimum absolute atomic E-state index is 0.0671. The van der Waals surface area contributed by atoms with E-state index >= 15 is 0 Å². The van der Waals surface area contributed by atoms with E-state index in [-0.39, 0.29) is 17.3 Å². The van der Waals surface area contributed by atoms with Gasteiger partial charge in [0.2, 0.25) is 0 Å². The second-order valence-electron chi connectivity index (χ2n) is 6.13. The predicted molar refractivity (Wildman–Crippen MR) is 110 cm³/mol. The lowest BCUT2D eigenvalue weighted by Gasteiger charge is -2.01. The third kappa shape index (κ3) is 10.2. The van der Waals surface area contributed by atoms with Gasteiger partial charge in [0.25, 0.3) is 0 Å². The summed E-state index contributed by atoms with van der Waals surface area (Å²) < 4.78 is 5.12. The van der Waals surface area contributed by atoms with Crippen LogP contribution in [0.15, 0.2) is 60.7 Å². The summed E-state index contributed by atoms with van der Waals surface area (Å²) in [5, 5.41) is 17.3. The van der Waals surface area contributed by atoms with Crippen molar-refractivity contribution in [3.8, 4) is 5.75 Å². The Morgan fingerprint density at radius 2 is 1.64 bits per heavy atom. The first-order chi connectivity index (χ1) is 13.5. The van der Waals surface area contributed by atoms with Gasteiger partial charge in [-0.1, -0.05) is 74.7 Å². The lowest BCUT2D eigenvalue weighted by atomic mass is 10.2. The van der Waals surface area contributed by atoms with Crippen LogP contribution in [0, 0.1) is 0 Å². The average Bonchev–Trinajstić information content (AvgIpc) is 2.70. The molecule has 5 nitrogen and oxygen atoms in total. The number of benzene rings is 2. The fourth-order valence-corrected chi connectivity index (χ4v) is 2.31. The molecule has 0 radical (unpaired) electrons. The van der Waals surface area contributed by atoms with Gasteiger partial charge in [0, 0.05) is 6.42 Å². The Morgan fingerprint density at radius 3 is 2.25 bits per heavy atom. The number of rotatable bonds is 9. The molecule has 5 heteroatoms. The van der Waals surface area contributed by atoms with Crippen LogP contribution in [0.3, 0.4) is 0 Å². The van der Waals surface area contributed by atoms with Gasteiger partial charge in [-0.3, -0.25) is 4.79 Å². The van der Waals surface area contributed by atoms with Gasteiger partial charge in [-0.15, -0.1) is 0 Å². The average molecular weight is 384 g/mol. The maximum atomic E-state index is 11.4. The van der Waals surface area contributed by atoms with E-state index in [0.717, 1.165) is 18.4 Å². The van der Waals surface area contributed by atoms with Crippen LogP contribution in [0.4, 0.5) is 0 Å². The van der Waals surface area contributed by atoms with E-state index in [4.69, 9.17) is 14.9 Å². The smallest absolute Gasteiger partial charge is 0.339 e. The zero-order chi connectivity index (χ0) is 20.6. The molecule has 0 saturated heterocycles. The molecule has 0 aliphatic rings. The third-order valence-corrected chi connectivity index (χ3v) is 3.82. The number of carboxylic acids is 1. The Kier molecular flexibility index (Phi) is 11.5. The van der Waals surface area contributed by atoms with Crippen molar-refractivity contribution < 1.29 is 24.5 Å². The number of aromatic hydroxyl groups is 1. The number of para-hydroxylation sites is 1. The Hall–Kier alpha value is -3.08. The molecule has 150 valence electrons. The van der Waals surface area contributed by atoms with Gasteiger partial charge in [0.15, 0.2) is 0 Å². The lowest BCUT2D eigenvalue weighted by Crippen LogP contribution is -2.03. The first-order valence-electron chi connectivity index (χ1n) is 9.43. The van der Waals surface area contributed by atoms with E-state index in [9.17, 15) is 9.59 Å². The summed E-state index contributed by atoms with van der Waals surface area (Å²) in [5.41, 5.74) is 1.05. The Morgan fingerprint density at radius 1 is 0.964 bits per heavy atom. The standard InChI is InChI=1S/C16H22O2.C7H6O3/c1-2-3-4-8-13-16(17)18-14-9-12-15-10-6-5-7-11-15;8-6-4-2-1-3-5(6)7(9)10/h5-7,9-12H,2-4,8,13-14H2,1H3;1-4,8H,(H,9,10). The molecule has 0 bridgehead atoms. The molecule has 28 heavy (non-hydrogen) atoms. The zero-order valence-corrected chi connectivity index (χ0v) is 16.2. The van der Waals surface area contributed by atoms with Gasteiger partial charge >= 0.3 is 11.9 Å². The number of hydrogen-bond acceptors (Lipinski definition) is 4. The Labute approximate surface area is 166 Å². The van der Waals surface area contributed by atoms with E-state index < -0.39 is 5.97 Å². The van der Waals surface area contributed by atoms with Crippen LogP contribution in [-0.2, 0) is 9.53 Å². The first kappa shape index (κ1) is 23.0. The highest BCUT2D eigenvalue weighted by atomic mass is 16.5. The Bertz CT molecular complexity index is 738. The zero-order valence-electron chi connectivity index (χ0n) is 16.2. The van der Waals surface area contributed by atoms with Crippen molar-refractivity contribution in [2.24, 2.45) is 0 Å². The van der Waals surface area contributed by atoms with Crippen LogP contribution in [0.25, 0.3) is 6.08 Å². The minimum Gasteiger partial charge on any atom is -0.507 e. The molecule has 0 aliphatic carbocycles. The first-order valence-corrected chi connectivity index (χ1v) is 9.43. The molecule has 0 aliphatic heterocycles. The van der Waals surface area contributed by atoms with Crippen molar-refractivity contribution in [2.75, 3.05) is 6.61 Å². The monoisotopic (exact) mass is 384 g/mol. The second kappa shape index (κ2) is 14.0. The molecule has 2 N–H and O–H groups in total. The molecule has 0 heterocycles. The lowest BCUT2D eigenvalue weighted by molar-refractivity contribution is -0.142. The van der Waals surface area contributed by atoms with Crippen molar-refractivity contribution >= 4 is 18.0 Å². The van der Waals surface area contributed by atoms with E-state index in [1.165, 1.54) is 25.0 Å². The molecule has 0 spiro atoms. The molecule has 0 fully saturated rings. The second-order valence-corrected chi connectivity index (χ2v) is 6.13.